The maximum Gasteiger partial charge on any atom is 0.438 e. The number of furan rings is 1. The second-order valence-electron chi connectivity index (χ2n) is 5.95. The van der Waals surface area contributed by atoms with Crippen LogP contribution in [0.1, 0.15) is 29.7 Å². The average molecular weight is 386 g/mol. The number of benzene rings is 1. The highest BCUT2D eigenvalue weighted by atomic mass is 19.4. The molecular weight excluding hydrogens is 372 g/mol. The molecule has 0 spiro atoms. The third-order valence-corrected chi connectivity index (χ3v) is 3.84. The van der Waals surface area contributed by atoms with Gasteiger partial charge in [0.05, 0.1) is 0 Å². The molecule has 0 radical (unpaired) electrons. The first-order chi connectivity index (χ1) is 12.6. The Kier molecular flexibility index (Phi) is 4.68. The van der Waals surface area contributed by atoms with E-state index in [4.69, 9.17) is 9.15 Å². The van der Waals surface area contributed by atoms with E-state index in [0.717, 1.165) is 6.07 Å². The van der Waals surface area contributed by atoms with E-state index in [1.54, 1.807) is 0 Å². The van der Waals surface area contributed by atoms with Crippen molar-refractivity contribution in [2.45, 2.75) is 31.9 Å². The Morgan fingerprint density at radius 2 is 1.96 bits per heavy atom. The van der Waals surface area contributed by atoms with Gasteiger partial charge in [-0.3, -0.25) is 4.79 Å². The highest BCUT2D eigenvalue weighted by Gasteiger charge is 2.63. The van der Waals surface area contributed by atoms with E-state index < -0.39 is 35.8 Å². The molecule has 1 aromatic carbocycles. The molecule has 1 aliphatic rings. The number of ether oxygens (including phenoxy) is 1. The van der Waals surface area contributed by atoms with E-state index in [0.29, 0.717) is 5.75 Å². The molecule has 3 rings (SSSR count). The third kappa shape index (κ3) is 3.65. The summed E-state index contributed by atoms with van der Waals surface area (Å²) in [6.45, 7) is 1.14. The molecule has 0 saturated carbocycles. The molecule has 0 bridgehead atoms. The molecule has 1 amide bonds. The fourth-order valence-electron chi connectivity index (χ4n) is 2.51. The van der Waals surface area contributed by atoms with Crippen molar-refractivity contribution in [3.63, 3.8) is 0 Å². The number of rotatable bonds is 4. The lowest BCUT2D eigenvalue weighted by atomic mass is 10.1. The topological polar surface area (TPSA) is 75.3 Å². The van der Waals surface area contributed by atoms with E-state index in [1.165, 1.54) is 37.3 Å². The Morgan fingerprint density at radius 1 is 1.30 bits per heavy atom. The van der Waals surface area contributed by atoms with Crippen molar-refractivity contribution in [2.24, 2.45) is 5.10 Å². The van der Waals surface area contributed by atoms with E-state index in [-0.39, 0.29) is 23.1 Å². The largest absolute Gasteiger partial charge is 0.486 e. The van der Waals surface area contributed by atoms with Crippen molar-refractivity contribution >= 4 is 11.6 Å². The maximum atomic E-state index is 13.2. The molecular formula is C17H14F4N2O4. The predicted molar refractivity (Wildman–Crippen MR) is 84.3 cm³/mol. The molecule has 0 fully saturated rings. The summed E-state index contributed by atoms with van der Waals surface area (Å²) in [7, 11) is 0. The number of hydrogen-bond acceptors (Lipinski definition) is 5. The van der Waals surface area contributed by atoms with Crippen LogP contribution in [0.2, 0.25) is 0 Å². The van der Waals surface area contributed by atoms with Crippen molar-refractivity contribution in [1.82, 2.24) is 5.01 Å². The first-order valence-corrected chi connectivity index (χ1v) is 7.75. The summed E-state index contributed by atoms with van der Waals surface area (Å²) < 4.78 is 63.0. The number of hydrogen-bond donors (Lipinski definition) is 1. The summed E-state index contributed by atoms with van der Waals surface area (Å²) in [6.07, 6.45) is -5.94. The van der Waals surface area contributed by atoms with Crippen LogP contribution in [-0.2, 0) is 6.61 Å². The normalized spacial score (nSPS) is 19.9. The third-order valence-electron chi connectivity index (χ3n) is 3.84. The molecule has 1 N–H and O–H groups in total. The van der Waals surface area contributed by atoms with Crippen LogP contribution in [0.5, 0.6) is 5.75 Å². The molecule has 6 nitrogen and oxygen atoms in total. The van der Waals surface area contributed by atoms with Crippen molar-refractivity contribution in [3.8, 4) is 5.75 Å². The molecule has 0 aliphatic carbocycles. The smallest absolute Gasteiger partial charge is 0.438 e. The minimum Gasteiger partial charge on any atom is -0.486 e. The second-order valence-corrected chi connectivity index (χ2v) is 5.95. The molecule has 0 saturated heterocycles. The number of alkyl halides is 3. The van der Waals surface area contributed by atoms with Gasteiger partial charge in [0.25, 0.3) is 5.72 Å². The monoisotopic (exact) mass is 386 g/mol. The van der Waals surface area contributed by atoms with E-state index in [9.17, 15) is 27.5 Å². The van der Waals surface area contributed by atoms with Crippen LogP contribution in [-0.4, -0.2) is 33.6 Å². The maximum absolute atomic E-state index is 13.2. The quantitative estimate of drug-likeness (QED) is 0.817. The van der Waals surface area contributed by atoms with Crippen LogP contribution >= 0.6 is 0 Å². The first kappa shape index (κ1) is 18.9. The number of carbonyl (C=O) groups is 1. The van der Waals surface area contributed by atoms with Crippen LogP contribution in [0, 0.1) is 5.82 Å². The SMILES string of the molecule is CC1=NN(C(=O)c2ccc(COc3ccc(F)cc3)o2)C(O)(C(F)(F)F)C1. The van der Waals surface area contributed by atoms with Crippen molar-refractivity contribution in [3.05, 3.63) is 53.7 Å². The standard InChI is InChI=1S/C17H14F4N2O4/c1-10-8-16(25,17(19,20)21)23(22-10)15(24)14-7-6-13(27-14)9-26-12-4-2-11(18)3-5-12/h2-7,25H,8-9H2,1H3. The van der Waals surface area contributed by atoms with Gasteiger partial charge >= 0.3 is 12.1 Å². The lowest BCUT2D eigenvalue weighted by Crippen LogP contribution is -2.56. The van der Waals surface area contributed by atoms with Crippen LogP contribution in [0.25, 0.3) is 0 Å². The zero-order valence-corrected chi connectivity index (χ0v) is 14.0. The summed E-state index contributed by atoms with van der Waals surface area (Å²) >= 11 is 0. The molecule has 1 atom stereocenters. The lowest BCUT2D eigenvalue weighted by Gasteiger charge is -2.32. The van der Waals surface area contributed by atoms with Crippen LogP contribution in [0.15, 0.2) is 45.9 Å². The molecule has 27 heavy (non-hydrogen) atoms. The number of aliphatic hydroxyl groups is 1. The Labute approximate surface area is 150 Å². The second kappa shape index (κ2) is 6.69. The molecule has 10 heteroatoms. The fraction of sp³-hybridized carbons (Fsp3) is 0.294. The Balaban J connectivity index is 1.73. The Hall–Kier alpha value is -2.88. The summed E-state index contributed by atoms with van der Waals surface area (Å²) in [5.41, 5.74) is -3.47. The summed E-state index contributed by atoms with van der Waals surface area (Å²) in [5.74, 6) is -1.62. The van der Waals surface area contributed by atoms with Gasteiger partial charge in [-0.1, -0.05) is 0 Å². The van der Waals surface area contributed by atoms with Gasteiger partial charge in [-0.15, -0.1) is 0 Å². The minimum absolute atomic E-state index is 0.0220. The number of halogens is 4. The molecule has 144 valence electrons. The van der Waals surface area contributed by atoms with Crippen LogP contribution < -0.4 is 4.74 Å². The summed E-state index contributed by atoms with van der Waals surface area (Å²) in [4.78, 5) is 12.4. The zero-order chi connectivity index (χ0) is 19.8. The Morgan fingerprint density at radius 3 is 2.59 bits per heavy atom. The highest BCUT2D eigenvalue weighted by molar-refractivity contribution is 5.96. The molecule has 1 aliphatic heterocycles. The number of carbonyl (C=O) groups excluding carboxylic acids is 1. The van der Waals surface area contributed by atoms with Crippen molar-refractivity contribution in [1.29, 1.82) is 0 Å². The molecule has 2 aromatic rings. The van der Waals surface area contributed by atoms with E-state index in [1.807, 2.05) is 0 Å². The van der Waals surface area contributed by atoms with Gasteiger partial charge in [-0.2, -0.15) is 23.3 Å². The van der Waals surface area contributed by atoms with Gasteiger partial charge < -0.3 is 14.3 Å². The fourth-order valence-corrected chi connectivity index (χ4v) is 2.51. The number of amides is 1. The molecule has 1 aromatic heterocycles. The van der Waals surface area contributed by atoms with Crippen molar-refractivity contribution < 1.29 is 36.6 Å². The first-order valence-electron chi connectivity index (χ1n) is 7.75. The molecule has 2 heterocycles. The van der Waals surface area contributed by atoms with Gasteiger partial charge in [0.2, 0.25) is 0 Å². The number of hydrazone groups is 1. The predicted octanol–water partition coefficient (Wildman–Crippen LogP) is 3.47. The zero-order valence-electron chi connectivity index (χ0n) is 14.0. The minimum atomic E-state index is -5.09. The van der Waals surface area contributed by atoms with Gasteiger partial charge in [0.1, 0.15) is 23.9 Å². The van der Waals surface area contributed by atoms with Crippen LogP contribution in [0.4, 0.5) is 17.6 Å². The molecule has 1 unspecified atom stereocenters. The summed E-state index contributed by atoms with van der Waals surface area (Å²) in [6, 6.07) is 7.66. The lowest BCUT2D eigenvalue weighted by molar-refractivity contribution is -0.297. The Bertz CT molecular complexity index is 876. The number of nitrogens with zero attached hydrogens (tertiary/aromatic N) is 2. The van der Waals surface area contributed by atoms with Gasteiger partial charge in [-0.05, 0) is 43.3 Å². The van der Waals surface area contributed by atoms with Gasteiger partial charge in [-0.25, -0.2) is 4.39 Å². The summed E-state index contributed by atoms with van der Waals surface area (Å²) in [5, 5.41) is 13.4. The van der Waals surface area contributed by atoms with E-state index in [2.05, 4.69) is 5.10 Å². The van der Waals surface area contributed by atoms with Crippen molar-refractivity contribution in [2.75, 3.05) is 0 Å². The average Bonchev–Trinajstić information content (AvgIpc) is 3.18. The van der Waals surface area contributed by atoms with Crippen LogP contribution in [0.3, 0.4) is 0 Å². The van der Waals surface area contributed by atoms with Gasteiger partial charge in [0, 0.05) is 12.1 Å². The van der Waals surface area contributed by atoms with E-state index >= 15 is 0 Å². The van der Waals surface area contributed by atoms with Gasteiger partial charge in [0.15, 0.2) is 5.76 Å². The highest BCUT2D eigenvalue weighted by Crippen LogP contribution is 2.40.